The Labute approximate surface area is 112 Å². The molecule has 1 aromatic heterocycles. The van der Waals surface area contributed by atoms with Crippen LogP contribution in [0, 0.1) is 13.8 Å². The van der Waals surface area contributed by atoms with Crippen molar-refractivity contribution in [2.45, 2.75) is 26.0 Å². The number of nitrogens with zero attached hydrogens (tertiary/aromatic N) is 1. The first kappa shape index (κ1) is 13.8. The van der Waals surface area contributed by atoms with Crippen LogP contribution in [0.25, 0.3) is 0 Å². The van der Waals surface area contributed by atoms with Gasteiger partial charge in [-0.15, -0.1) is 0 Å². The smallest absolute Gasteiger partial charge is 0.252 e. The van der Waals surface area contributed by atoms with Crippen LogP contribution >= 0.6 is 0 Å². The summed E-state index contributed by atoms with van der Waals surface area (Å²) in [6.07, 6.45) is 0.0587. The highest BCUT2D eigenvalue weighted by atomic mass is 16.5. The van der Waals surface area contributed by atoms with Crippen molar-refractivity contribution in [1.29, 1.82) is 0 Å². The molecule has 0 radical (unpaired) electrons. The maximum absolute atomic E-state index is 11.6. The summed E-state index contributed by atoms with van der Waals surface area (Å²) >= 11 is 0. The van der Waals surface area contributed by atoms with Gasteiger partial charge in [-0.1, -0.05) is 0 Å². The maximum atomic E-state index is 11.6. The van der Waals surface area contributed by atoms with E-state index in [1.165, 1.54) is 0 Å². The van der Waals surface area contributed by atoms with E-state index >= 15 is 0 Å². The van der Waals surface area contributed by atoms with Gasteiger partial charge in [0.25, 0.3) is 5.91 Å². The van der Waals surface area contributed by atoms with Crippen molar-refractivity contribution in [3.63, 3.8) is 0 Å². The molecule has 1 unspecified atom stereocenters. The Morgan fingerprint density at radius 3 is 2.89 bits per heavy atom. The zero-order valence-electron chi connectivity index (χ0n) is 11.5. The molecule has 0 bridgehead atoms. The zero-order chi connectivity index (χ0) is 14.0. The van der Waals surface area contributed by atoms with Crippen molar-refractivity contribution >= 4 is 11.7 Å². The topological polar surface area (TPSA) is 89.3 Å². The van der Waals surface area contributed by atoms with Crippen LogP contribution in [0.1, 0.15) is 21.6 Å². The normalized spacial score (nSPS) is 22.5. The van der Waals surface area contributed by atoms with E-state index in [1.807, 2.05) is 19.9 Å². The van der Waals surface area contributed by atoms with Crippen molar-refractivity contribution < 1.29 is 9.53 Å². The van der Waals surface area contributed by atoms with Crippen molar-refractivity contribution in [3.05, 3.63) is 22.9 Å². The fourth-order valence-corrected chi connectivity index (χ4v) is 2.47. The second kappa shape index (κ2) is 5.54. The van der Waals surface area contributed by atoms with Gasteiger partial charge < -0.3 is 21.1 Å². The first-order valence-corrected chi connectivity index (χ1v) is 6.31. The summed E-state index contributed by atoms with van der Waals surface area (Å²) in [5.74, 6) is 0.0770. The molecule has 1 aliphatic heterocycles. The van der Waals surface area contributed by atoms with Gasteiger partial charge in [-0.2, -0.15) is 0 Å². The molecule has 1 amide bonds. The number of nitrogens with two attached hydrogens (primary N) is 1. The molecular formula is C13H20N4O2. The lowest BCUT2D eigenvalue weighted by Crippen LogP contribution is -2.35. The molecule has 1 aromatic rings. The SMILES string of the molecule is CO[C@H]1CNCC1Nc1nc(C)cc(C)c1C(N)=O. The number of ether oxygens (including phenoxy) is 1. The molecule has 0 saturated carbocycles. The van der Waals surface area contributed by atoms with Gasteiger partial charge in [-0.3, -0.25) is 4.79 Å². The first-order valence-electron chi connectivity index (χ1n) is 6.31. The number of aryl methyl sites for hydroxylation is 2. The molecule has 19 heavy (non-hydrogen) atoms. The number of nitrogens with one attached hydrogen (secondary N) is 2. The second-order valence-corrected chi connectivity index (χ2v) is 4.85. The third-order valence-corrected chi connectivity index (χ3v) is 3.37. The number of primary amides is 1. The van der Waals surface area contributed by atoms with Crippen LogP contribution in [0.4, 0.5) is 5.82 Å². The summed E-state index contributed by atoms with van der Waals surface area (Å²) in [5, 5.41) is 6.51. The molecule has 2 heterocycles. The quantitative estimate of drug-likeness (QED) is 0.722. The predicted molar refractivity (Wildman–Crippen MR) is 73.3 cm³/mol. The summed E-state index contributed by atoms with van der Waals surface area (Å²) in [6, 6.07) is 1.93. The van der Waals surface area contributed by atoms with E-state index in [1.54, 1.807) is 7.11 Å². The molecule has 104 valence electrons. The lowest BCUT2D eigenvalue weighted by Gasteiger charge is -2.21. The summed E-state index contributed by atoms with van der Waals surface area (Å²) in [4.78, 5) is 16.0. The van der Waals surface area contributed by atoms with E-state index in [4.69, 9.17) is 10.5 Å². The third kappa shape index (κ3) is 2.85. The Hall–Kier alpha value is -1.66. The third-order valence-electron chi connectivity index (χ3n) is 3.37. The Morgan fingerprint density at radius 2 is 2.26 bits per heavy atom. The Kier molecular flexibility index (Phi) is 4.01. The molecule has 1 aliphatic rings. The maximum Gasteiger partial charge on any atom is 0.252 e. The van der Waals surface area contributed by atoms with Crippen LogP contribution < -0.4 is 16.4 Å². The van der Waals surface area contributed by atoms with E-state index in [9.17, 15) is 4.79 Å². The largest absolute Gasteiger partial charge is 0.378 e. The number of carbonyl (C=O) groups excluding carboxylic acids is 1. The van der Waals surface area contributed by atoms with Crippen molar-refractivity contribution in [2.75, 3.05) is 25.5 Å². The molecule has 2 atom stereocenters. The minimum Gasteiger partial charge on any atom is -0.378 e. The van der Waals surface area contributed by atoms with Gasteiger partial charge in [0.2, 0.25) is 0 Å². The van der Waals surface area contributed by atoms with E-state index in [2.05, 4.69) is 15.6 Å². The summed E-state index contributed by atoms with van der Waals surface area (Å²) in [6.45, 7) is 5.31. The van der Waals surface area contributed by atoms with E-state index < -0.39 is 5.91 Å². The van der Waals surface area contributed by atoms with E-state index in [0.717, 1.165) is 24.3 Å². The van der Waals surface area contributed by atoms with Crippen LogP contribution in [0.2, 0.25) is 0 Å². The Balaban J connectivity index is 2.31. The van der Waals surface area contributed by atoms with E-state index in [0.29, 0.717) is 11.4 Å². The Morgan fingerprint density at radius 1 is 1.53 bits per heavy atom. The molecule has 0 spiro atoms. The number of hydrogen-bond acceptors (Lipinski definition) is 5. The molecule has 0 aromatic carbocycles. The first-order chi connectivity index (χ1) is 9.02. The molecule has 1 saturated heterocycles. The minimum absolute atomic E-state index is 0.0587. The summed E-state index contributed by atoms with van der Waals surface area (Å²) in [5.41, 5.74) is 7.58. The zero-order valence-corrected chi connectivity index (χ0v) is 11.5. The minimum atomic E-state index is -0.465. The van der Waals surface area contributed by atoms with Crippen LogP contribution in [-0.2, 0) is 4.74 Å². The highest BCUT2D eigenvalue weighted by molar-refractivity contribution is 5.99. The van der Waals surface area contributed by atoms with Gasteiger partial charge in [-0.05, 0) is 25.5 Å². The average Bonchev–Trinajstić information content (AvgIpc) is 2.74. The van der Waals surface area contributed by atoms with Gasteiger partial charge in [0.15, 0.2) is 0 Å². The standard InChI is InChI=1S/C13H20N4O2/c1-7-4-8(2)16-13(11(7)12(14)18)17-9-5-15-6-10(9)19-3/h4,9-10,15H,5-6H2,1-3H3,(H2,14,18)(H,16,17)/t9?,10-/m0/s1. The number of carbonyl (C=O) groups is 1. The highest BCUT2D eigenvalue weighted by Gasteiger charge is 2.28. The lowest BCUT2D eigenvalue weighted by atomic mass is 10.1. The fourth-order valence-electron chi connectivity index (χ4n) is 2.47. The number of pyridine rings is 1. The number of hydrogen-bond donors (Lipinski definition) is 3. The number of anilines is 1. The number of amides is 1. The Bertz CT molecular complexity index is 490. The average molecular weight is 264 g/mol. The molecule has 6 nitrogen and oxygen atoms in total. The highest BCUT2D eigenvalue weighted by Crippen LogP contribution is 2.20. The van der Waals surface area contributed by atoms with Crippen LogP contribution in [0.15, 0.2) is 6.07 Å². The summed E-state index contributed by atoms with van der Waals surface area (Å²) in [7, 11) is 1.68. The summed E-state index contributed by atoms with van der Waals surface area (Å²) < 4.78 is 5.39. The second-order valence-electron chi connectivity index (χ2n) is 4.85. The van der Waals surface area contributed by atoms with Gasteiger partial charge in [-0.25, -0.2) is 4.98 Å². The van der Waals surface area contributed by atoms with Crippen molar-refractivity contribution in [1.82, 2.24) is 10.3 Å². The predicted octanol–water partition coefficient (Wildman–Crippen LogP) is 0.196. The molecule has 6 heteroatoms. The molecule has 1 fully saturated rings. The van der Waals surface area contributed by atoms with Gasteiger partial charge in [0, 0.05) is 25.9 Å². The van der Waals surface area contributed by atoms with Crippen molar-refractivity contribution in [3.8, 4) is 0 Å². The molecule has 0 aliphatic carbocycles. The fraction of sp³-hybridized carbons (Fsp3) is 0.538. The van der Waals surface area contributed by atoms with Gasteiger partial charge in [0.05, 0.1) is 17.7 Å². The molecule has 2 rings (SSSR count). The monoisotopic (exact) mass is 264 g/mol. The molecular weight excluding hydrogens is 244 g/mol. The van der Waals surface area contributed by atoms with Gasteiger partial charge in [0.1, 0.15) is 5.82 Å². The molecule has 4 N–H and O–H groups in total. The van der Waals surface area contributed by atoms with E-state index in [-0.39, 0.29) is 12.1 Å². The number of rotatable bonds is 4. The van der Waals surface area contributed by atoms with Crippen LogP contribution in [0.5, 0.6) is 0 Å². The lowest BCUT2D eigenvalue weighted by molar-refractivity contribution is 0.0998. The number of aromatic nitrogens is 1. The van der Waals surface area contributed by atoms with Crippen molar-refractivity contribution in [2.24, 2.45) is 5.73 Å². The van der Waals surface area contributed by atoms with Gasteiger partial charge >= 0.3 is 0 Å². The van der Waals surface area contributed by atoms with Crippen LogP contribution in [-0.4, -0.2) is 43.2 Å². The number of methoxy groups -OCH3 is 1. The van der Waals surface area contributed by atoms with Crippen LogP contribution in [0.3, 0.4) is 0 Å².